The first-order valence-corrected chi connectivity index (χ1v) is 9.33. The first kappa shape index (κ1) is 19.3. The molecule has 0 aliphatic heterocycles. The third-order valence-electron chi connectivity index (χ3n) is 4.80. The Morgan fingerprint density at radius 1 is 0.963 bits per heavy atom. The number of hydrogen-bond donors (Lipinski definition) is 1. The molecule has 2 N–H and O–H groups in total. The van der Waals surface area contributed by atoms with Gasteiger partial charge in [0.05, 0.1) is 11.6 Å². The summed E-state index contributed by atoms with van der Waals surface area (Å²) in [7, 11) is 4.07. The average molecular weight is 364 g/mol. The normalized spacial score (nSPS) is 14.9. The predicted octanol–water partition coefficient (Wildman–Crippen LogP) is 3.72. The molecule has 0 fully saturated rings. The Hall–Kier alpha value is -2.50. The van der Waals surface area contributed by atoms with Crippen LogP contribution in [0, 0.1) is 0 Å². The van der Waals surface area contributed by atoms with Crippen LogP contribution in [0.4, 0.5) is 0 Å². The summed E-state index contributed by atoms with van der Waals surface area (Å²) < 4.78 is 6.04. The van der Waals surface area contributed by atoms with Crippen LogP contribution in [0.5, 0.6) is 0 Å². The van der Waals surface area contributed by atoms with Gasteiger partial charge in [0.25, 0.3) is 0 Å². The third-order valence-corrected chi connectivity index (χ3v) is 4.80. The number of benzene rings is 2. The number of nitrogens with two attached hydrogens (primary N) is 1. The van der Waals surface area contributed by atoms with Crippen LogP contribution in [0.1, 0.15) is 42.3 Å². The van der Waals surface area contributed by atoms with Crippen LogP contribution in [0.25, 0.3) is 0 Å². The number of hydrogen-bond acceptors (Lipinski definition) is 5. The highest BCUT2D eigenvalue weighted by atomic mass is 16.4. The van der Waals surface area contributed by atoms with Gasteiger partial charge in [-0.3, -0.25) is 4.90 Å². The van der Waals surface area contributed by atoms with Gasteiger partial charge in [-0.2, -0.15) is 0 Å². The van der Waals surface area contributed by atoms with Crippen molar-refractivity contribution < 1.29 is 4.42 Å². The molecule has 1 unspecified atom stereocenters. The summed E-state index contributed by atoms with van der Waals surface area (Å²) in [4.78, 5) is 2.12. The fourth-order valence-corrected chi connectivity index (χ4v) is 3.25. The van der Waals surface area contributed by atoms with Gasteiger partial charge in [-0.1, -0.05) is 60.7 Å². The minimum absolute atomic E-state index is 0.0546. The largest absolute Gasteiger partial charge is 0.422 e. The van der Waals surface area contributed by atoms with Crippen molar-refractivity contribution in [3.05, 3.63) is 83.6 Å². The molecule has 2 aromatic carbocycles. The third kappa shape index (κ3) is 5.02. The summed E-state index contributed by atoms with van der Waals surface area (Å²) in [5, 5.41) is 8.59. The molecule has 0 saturated carbocycles. The van der Waals surface area contributed by atoms with Gasteiger partial charge < -0.3 is 10.2 Å². The molecule has 0 saturated heterocycles. The van der Waals surface area contributed by atoms with Crippen LogP contribution in [0.15, 0.2) is 65.1 Å². The first-order chi connectivity index (χ1) is 13.0. The van der Waals surface area contributed by atoms with E-state index in [1.165, 1.54) is 5.56 Å². The van der Waals surface area contributed by atoms with E-state index in [4.69, 9.17) is 10.2 Å². The van der Waals surface area contributed by atoms with Crippen LogP contribution in [0.2, 0.25) is 0 Å². The van der Waals surface area contributed by atoms with E-state index < -0.39 is 5.54 Å². The van der Waals surface area contributed by atoms with Crippen molar-refractivity contribution in [3.8, 4) is 0 Å². The second kappa shape index (κ2) is 8.46. The Bertz CT molecular complexity index is 828. The Morgan fingerprint density at radius 3 is 2.15 bits per heavy atom. The Labute approximate surface area is 161 Å². The molecule has 1 heterocycles. The monoisotopic (exact) mass is 364 g/mol. The summed E-state index contributed by atoms with van der Waals surface area (Å²) >= 11 is 0. The highest BCUT2D eigenvalue weighted by Gasteiger charge is 2.30. The Balaban J connectivity index is 1.73. The lowest BCUT2D eigenvalue weighted by Crippen LogP contribution is -2.36. The number of aryl methyl sites for hydroxylation is 1. The molecule has 27 heavy (non-hydrogen) atoms. The Kier molecular flexibility index (Phi) is 6.04. The van der Waals surface area contributed by atoms with Crippen molar-refractivity contribution in [2.75, 3.05) is 14.1 Å². The molecule has 5 heteroatoms. The van der Waals surface area contributed by atoms with Gasteiger partial charge in [0.1, 0.15) is 0 Å². The molecule has 5 nitrogen and oxygen atoms in total. The summed E-state index contributed by atoms with van der Waals surface area (Å²) in [6.07, 6.45) is 2.50. The zero-order valence-electron chi connectivity index (χ0n) is 16.3. The number of nitrogens with zero attached hydrogens (tertiary/aromatic N) is 3. The molecule has 1 aromatic heterocycles. The maximum absolute atomic E-state index is 6.51. The maximum atomic E-state index is 6.51. The van der Waals surface area contributed by atoms with Gasteiger partial charge in [0.15, 0.2) is 0 Å². The minimum atomic E-state index is -0.705. The lowest BCUT2D eigenvalue weighted by Gasteiger charge is -2.22. The number of aromatic nitrogens is 2. The van der Waals surface area contributed by atoms with E-state index in [2.05, 4.69) is 51.5 Å². The smallest absolute Gasteiger partial charge is 0.236 e. The molecule has 0 bridgehead atoms. The second-order valence-electron chi connectivity index (χ2n) is 7.53. The van der Waals surface area contributed by atoms with Crippen LogP contribution >= 0.6 is 0 Å². The van der Waals surface area contributed by atoms with Crippen molar-refractivity contribution in [2.24, 2.45) is 5.73 Å². The molecule has 3 rings (SSSR count). The topological polar surface area (TPSA) is 68.2 Å². The van der Waals surface area contributed by atoms with Gasteiger partial charge >= 0.3 is 0 Å². The predicted molar refractivity (Wildman–Crippen MR) is 107 cm³/mol. The maximum Gasteiger partial charge on any atom is 0.236 e. The van der Waals surface area contributed by atoms with Crippen molar-refractivity contribution in [2.45, 2.75) is 37.8 Å². The van der Waals surface area contributed by atoms with E-state index >= 15 is 0 Å². The van der Waals surface area contributed by atoms with Crippen molar-refractivity contribution >= 4 is 0 Å². The molecule has 0 aliphatic rings. The molecule has 2 atom stereocenters. The standard InChI is InChI=1S/C22H28N4O/c1-22(23,16-18-12-8-5-9-13-18)21-25-24-20(27-21)19(26(2)3)15-14-17-10-6-4-7-11-17/h4-13,19H,14-16,23H2,1-3H3/t19?,22-/m1/s1. The summed E-state index contributed by atoms with van der Waals surface area (Å²) in [5.74, 6) is 1.10. The quantitative estimate of drug-likeness (QED) is 0.660. The van der Waals surface area contributed by atoms with Crippen molar-refractivity contribution in [3.63, 3.8) is 0 Å². The molecule has 0 radical (unpaired) electrons. The lowest BCUT2D eigenvalue weighted by molar-refractivity contribution is 0.224. The van der Waals surface area contributed by atoms with Crippen LogP contribution in [-0.2, 0) is 18.4 Å². The van der Waals surface area contributed by atoms with E-state index in [9.17, 15) is 0 Å². The van der Waals surface area contributed by atoms with Crippen molar-refractivity contribution in [1.29, 1.82) is 0 Å². The van der Waals surface area contributed by atoms with Crippen LogP contribution in [0.3, 0.4) is 0 Å². The molecule has 142 valence electrons. The second-order valence-corrected chi connectivity index (χ2v) is 7.53. The zero-order chi connectivity index (χ0) is 19.3. The summed E-state index contributed by atoms with van der Waals surface area (Å²) in [5.41, 5.74) is 8.26. The molecule has 3 aromatic rings. The molecular formula is C22H28N4O. The van der Waals surface area contributed by atoms with Gasteiger partial charge in [-0.05, 0) is 51.4 Å². The first-order valence-electron chi connectivity index (χ1n) is 9.33. The molecule has 0 spiro atoms. The highest BCUT2D eigenvalue weighted by molar-refractivity contribution is 5.19. The highest BCUT2D eigenvalue weighted by Crippen LogP contribution is 2.27. The summed E-state index contributed by atoms with van der Waals surface area (Å²) in [6.45, 7) is 1.94. The average Bonchev–Trinajstić information content (AvgIpc) is 3.14. The zero-order valence-corrected chi connectivity index (χ0v) is 16.3. The van der Waals surface area contributed by atoms with Gasteiger partial charge in [-0.25, -0.2) is 0 Å². The lowest BCUT2D eigenvalue weighted by atomic mass is 9.94. The fraction of sp³-hybridized carbons (Fsp3) is 0.364. The van der Waals surface area contributed by atoms with Crippen molar-refractivity contribution in [1.82, 2.24) is 15.1 Å². The molecule has 0 aliphatic carbocycles. The van der Waals surface area contributed by atoms with Crippen LogP contribution in [-0.4, -0.2) is 29.2 Å². The van der Waals surface area contributed by atoms with E-state index in [-0.39, 0.29) is 6.04 Å². The van der Waals surface area contributed by atoms with E-state index in [1.54, 1.807) is 0 Å². The number of rotatable bonds is 8. The Morgan fingerprint density at radius 2 is 1.56 bits per heavy atom. The van der Waals surface area contributed by atoms with Gasteiger partial charge in [0.2, 0.25) is 11.8 Å². The minimum Gasteiger partial charge on any atom is -0.422 e. The van der Waals surface area contributed by atoms with Crippen LogP contribution < -0.4 is 5.73 Å². The van der Waals surface area contributed by atoms with E-state index in [0.29, 0.717) is 18.2 Å². The van der Waals surface area contributed by atoms with E-state index in [0.717, 1.165) is 18.4 Å². The molecular weight excluding hydrogens is 336 g/mol. The molecule has 0 amide bonds. The SMILES string of the molecule is CN(C)C(CCc1ccccc1)c1nnc([C@](C)(N)Cc2ccccc2)o1. The fourth-order valence-electron chi connectivity index (χ4n) is 3.25. The van der Waals surface area contributed by atoms with Gasteiger partial charge in [0, 0.05) is 0 Å². The summed E-state index contributed by atoms with van der Waals surface area (Å²) in [6, 6.07) is 20.6. The van der Waals surface area contributed by atoms with E-state index in [1.807, 2.05) is 45.3 Å². The van der Waals surface area contributed by atoms with Gasteiger partial charge in [-0.15, -0.1) is 10.2 Å².